The fourth-order valence-electron chi connectivity index (χ4n) is 5.38. The summed E-state index contributed by atoms with van der Waals surface area (Å²) in [6.07, 6.45) is 0.103. The minimum Gasteiger partial charge on any atom is -0.481 e. The van der Waals surface area contributed by atoms with Crippen LogP contribution in [0.25, 0.3) is 0 Å². The molecule has 2 N–H and O–H groups in total. The summed E-state index contributed by atoms with van der Waals surface area (Å²) < 4.78 is 34.0. The summed E-state index contributed by atoms with van der Waals surface area (Å²) in [5, 5.41) is 7.70. The average Bonchev–Trinajstić information content (AvgIpc) is 2.96. The molecular weight excluding hydrogens is 600 g/mol. The molecule has 1 heterocycles. The second-order valence-corrected chi connectivity index (χ2v) is 13.6. The Hall–Kier alpha value is -3.73. The highest BCUT2D eigenvalue weighted by molar-refractivity contribution is 7.89. The van der Waals surface area contributed by atoms with Gasteiger partial charge in [-0.2, -0.15) is 9.41 Å². The van der Waals surface area contributed by atoms with Gasteiger partial charge in [0.1, 0.15) is 5.75 Å². The van der Waals surface area contributed by atoms with Gasteiger partial charge in [-0.1, -0.05) is 41.4 Å². The number of nitrogens with one attached hydrogen (secondary N) is 2. The second kappa shape index (κ2) is 13.9. The van der Waals surface area contributed by atoms with E-state index < -0.39 is 16.1 Å². The molecular formula is C33H39ClN4O5S. The Kier molecular flexibility index (Phi) is 10.5. The SMILES string of the molecule is C/C(=N\NC(=O)C1CCN(S(=O)(=O)c2c(C)cc(C)cc2C)CC1)c1ccc(NC(=O)C(C)Oc2ccc(Cl)cc2C)cc1. The van der Waals surface area contributed by atoms with Crippen molar-refractivity contribution in [2.24, 2.45) is 11.0 Å². The maximum atomic E-state index is 13.4. The van der Waals surface area contributed by atoms with Crippen molar-refractivity contribution in [3.8, 4) is 5.75 Å². The maximum Gasteiger partial charge on any atom is 0.265 e. The monoisotopic (exact) mass is 638 g/mol. The molecule has 4 rings (SSSR count). The number of ether oxygens (including phenoxy) is 1. The van der Waals surface area contributed by atoms with E-state index in [9.17, 15) is 18.0 Å². The second-order valence-electron chi connectivity index (χ2n) is 11.3. The van der Waals surface area contributed by atoms with Crippen LogP contribution < -0.4 is 15.5 Å². The number of hydrogen-bond donors (Lipinski definition) is 2. The minimum atomic E-state index is -3.65. The van der Waals surface area contributed by atoms with Gasteiger partial charge in [0.25, 0.3) is 5.91 Å². The topological polar surface area (TPSA) is 117 Å². The van der Waals surface area contributed by atoms with Crippen LogP contribution >= 0.6 is 11.6 Å². The molecule has 1 aliphatic heterocycles. The van der Waals surface area contributed by atoms with E-state index in [2.05, 4.69) is 15.8 Å². The largest absolute Gasteiger partial charge is 0.481 e. The summed E-state index contributed by atoms with van der Waals surface area (Å²) in [6, 6.07) is 16.1. The third-order valence-corrected chi connectivity index (χ3v) is 10.2. The molecule has 1 fully saturated rings. The first-order valence-electron chi connectivity index (χ1n) is 14.5. The first-order chi connectivity index (χ1) is 20.8. The van der Waals surface area contributed by atoms with E-state index in [0.29, 0.717) is 39.9 Å². The standard InChI is InChI=1S/C33H39ClN4O5S/c1-20-17-22(3)31(23(4)18-20)44(41,42)38-15-13-27(14-16-38)33(40)37-36-24(5)26-7-10-29(11-8-26)35-32(39)25(6)43-30-12-9-28(34)19-21(30)2/h7-12,17-19,25,27H,13-16H2,1-6H3,(H,35,39)(H,37,40)/b36-24+. The van der Waals surface area contributed by atoms with E-state index >= 15 is 0 Å². The lowest BCUT2D eigenvalue weighted by atomic mass is 9.98. The predicted octanol–water partition coefficient (Wildman–Crippen LogP) is 5.92. The van der Waals surface area contributed by atoms with Crippen LogP contribution in [0.15, 0.2) is 64.6 Å². The van der Waals surface area contributed by atoms with E-state index in [1.807, 2.05) is 39.8 Å². The minimum absolute atomic E-state index is 0.238. The molecule has 3 aromatic carbocycles. The van der Waals surface area contributed by atoms with Crippen molar-refractivity contribution in [3.63, 3.8) is 0 Å². The Balaban J connectivity index is 1.29. The zero-order valence-electron chi connectivity index (χ0n) is 25.9. The van der Waals surface area contributed by atoms with E-state index in [-0.39, 0.29) is 30.8 Å². The Morgan fingerprint density at radius 2 is 1.57 bits per heavy atom. The Labute approximate surface area is 264 Å². The van der Waals surface area contributed by atoms with Crippen LogP contribution in [0.2, 0.25) is 5.02 Å². The van der Waals surface area contributed by atoms with Crippen LogP contribution in [0, 0.1) is 33.6 Å². The number of halogens is 1. The molecule has 3 aromatic rings. The summed E-state index contributed by atoms with van der Waals surface area (Å²) in [7, 11) is -3.65. The molecule has 9 nitrogen and oxygen atoms in total. The number of hydrazone groups is 1. The van der Waals surface area contributed by atoms with Gasteiger partial charge in [0.15, 0.2) is 6.10 Å². The zero-order valence-corrected chi connectivity index (χ0v) is 27.5. The van der Waals surface area contributed by atoms with Crippen molar-refractivity contribution in [1.29, 1.82) is 0 Å². The van der Waals surface area contributed by atoms with E-state index in [0.717, 1.165) is 27.8 Å². The van der Waals surface area contributed by atoms with Gasteiger partial charge in [-0.3, -0.25) is 9.59 Å². The first kappa shape index (κ1) is 33.2. The third kappa shape index (κ3) is 7.85. The number of sulfonamides is 1. The zero-order chi connectivity index (χ0) is 32.2. The molecule has 0 spiro atoms. The number of piperidine rings is 1. The van der Waals surface area contributed by atoms with Gasteiger partial charge in [-0.05, 0) is 107 Å². The molecule has 1 aliphatic rings. The van der Waals surface area contributed by atoms with Crippen molar-refractivity contribution < 1.29 is 22.7 Å². The van der Waals surface area contributed by atoms with Crippen LogP contribution in [0.1, 0.15) is 54.5 Å². The van der Waals surface area contributed by atoms with Crippen LogP contribution in [-0.4, -0.2) is 49.4 Å². The van der Waals surface area contributed by atoms with E-state index in [4.69, 9.17) is 16.3 Å². The summed E-state index contributed by atoms with van der Waals surface area (Å²) in [4.78, 5) is 25.9. The molecule has 234 valence electrons. The first-order valence-corrected chi connectivity index (χ1v) is 16.3. The summed E-state index contributed by atoms with van der Waals surface area (Å²) in [6.45, 7) is 11.4. The summed E-state index contributed by atoms with van der Waals surface area (Å²) >= 11 is 5.99. The lowest BCUT2D eigenvalue weighted by molar-refractivity contribution is -0.126. The highest BCUT2D eigenvalue weighted by atomic mass is 35.5. The number of nitrogens with zero attached hydrogens (tertiary/aromatic N) is 2. The molecule has 1 unspecified atom stereocenters. The number of rotatable bonds is 9. The van der Waals surface area contributed by atoms with Crippen molar-refractivity contribution in [2.45, 2.75) is 65.4 Å². The Morgan fingerprint density at radius 3 is 2.16 bits per heavy atom. The molecule has 44 heavy (non-hydrogen) atoms. The number of hydrogen-bond acceptors (Lipinski definition) is 6. The quantitative estimate of drug-likeness (QED) is 0.223. The summed E-state index contributed by atoms with van der Waals surface area (Å²) in [5.74, 6) is -0.286. The number of amides is 2. The lowest BCUT2D eigenvalue weighted by Crippen LogP contribution is -2.42. The van der Waals surface area contributed by atoms with Crippen LogP contribution in [0.5, 0.6) is 5.75 Å². The molecule has 0 aliphatic carbocycles. The number of anilines is 1. The van der Waals surface area contributed by atoms with E-state index in [1.54, 1.807) is 56.3 Å². The van der Waals surface area contributed by atoms with Crippen LogP contribution in [0.3, 0.4) is 0 Å². The van der Waals surface area contributed by atoms with Crippen molar-refractivity contribution in [2.75, 3.05) is 18.4 Å². The van der Waals surface area contributed by atoms with Gasteiger partial charge in [0.05, 0.1) is 10.6 Å². The third-order valence-electron chi connectivity index (χ3n) is 7.74. The smallest absolute Gasteiger partial charge is 0.265 e. The van der Waals surface area contributed by atoms with Crippen molar-refractivity contribution in [3.05, 3.63) is 87.4 Å². The average molecular weight is 639 g/mol. The number of benzene rings is 3. The van der Waals surface area contributed by atoms with Gasteiger partial charge < -0.3 is 10.1 Å². The van der Waals surface area contributed by atoms with Gasteiger partial charge in [-0.15, -0.1) is 0 Å². The van der Waals surface area contributed by atoms with Crippen molar-refractivity contribution in [1.82, 2.24) is 9.73 Å². The van der Waals surface area contributed by atoms with Gasteiger partial charge >= 0.3 is 0 Å². The molecule has 0 bridgehead atoms. The van der Waals surface area contributed by atoms with Gasteiger partial charge in [-0.25, -0.2) is 13.8 Å². The molecule has 0 aromatic heterocycles. The molecule has 1 atom stereocenters. The molecule has 0 radical (unpaired) electrons. The van der Waals surface area contributed by atoms with Crippen LogP contribution in [0.4, 0.5) is 5.69 Å². The Bertz CT molecular complexity index is 1660. The summed E-state index contributed by atoms with van der Waals surface area (Å²) in [5.41, 5.74) is 7.92. The van der Waals surface area contributed by atoms with E-state index in [1.165, 1.54) is 4.31 Å². The molecule has 2 amide bonds. The molecule has 11 heteroatoms. The molecule has 0 saturated carbocycles. The normalized spacial score (nSPS) is 15.5. The number of aryl methyl sites for hydroxylation is 4. The Morgan fingerprint density at radius 1 is 0.955 bits per heavy atom. The predicted molar refractivity (Wildman–Crippen MR) is 174 cm³/mol. The highest BCUT2D eigenvalue weighted by Gasteiger charge is 2.33. The highest BCUT2D eigenvalue weighted by Crippen LogP contribution is 2.29. The number of carbonyl (C=O) groups excluding carboxylic acids is 2. The fourth-order valence-corrected chi connectivity index (χ4v) is 7.49. The lowest BCUT2D eigenvalue weighted by Gasteiger charge is -2.31. The maximum absolute atomic E-state index is 13.4. The van der Waals surface area contributed by atoms with Gasteiger partial charge in [0, 0.05) is 29.7 Å². The fraction of sp³-hybridized carbons (Fsp3) is 0.364. The van der Waals surface area contributed by atoms with Gasteiger partial charge in [0.2, 0.25) is 15.9 Å². The van der Waals surface area contributed by atoms with Crippen LogP contribution in [-0.2, 0) is 19.6 Å². The van der Waals surface area contributed by atoms with Crippen molar-refractivity contribution >= 4 is 44.8 Å². The molecule has 1 saturated heterocycles. The number of carbonyl (C=O) groups is 2.